The van der Waals surface area contributed by atoms with Crippen LogP contribution in [0.25, 0.3) is 0 Å². The number of carbonyl (C=O) groups is 1. The zero-order valence-corrected chi connectivity index (χ0v) is 21.9. The number of hydrogen-bond donors (Lipinski definition) is 1. The molecule has 0 saturated carbocycles. The normalized spacial score (nSPS) is 11.9. The molecule has 1 N–H and O–H groups in total. The molecule has 1 amide bonds. The van der Waals surface area contributed by atoms with Gasteiger partial charge >= 0.3 is 0 Å². The summed E-state index contributed by atoms with van der Waals surface area (Å²) in [5, 5.41) is 3.05. The molecule has 0 aliphatic rings. The van der Waals surface area contributed by atoms with Gasteiger partial charge in [-0.15, -0.1) is 0 Å². The van der Waals surface area contributed by atoms with Crippen molar-refractivity contribution in [2.45, 2.75) is 98.7 Å². The molecule has 4 heteroatoms. The fourth-order valence-electron chi connectivity index (χ4n) is 3.29. The monoisotopic (exact) mass is 453 g/mol. The molecule has 0 unspecified atom stereocenters. The lowest BCUT2D eigenvalue weighted by atomic mass is 10.0. The van der Waals surface area contributed by atoms with Gasteiger partial charge in [0.05, 0.1) is 0 Å². The maximum atomic E-state index is 12.4. The van der Waals surface area contributed by atoms with E-state index < -0.39 is 0 Å². The molecule has 0 saturated heterocycles. The quantitative estimate of drug-likeness (QED) is 0.346. The van der Waals surface area contributed by atoms with Gasteiger partial charge in [0.25, 0.3) is 5.91 Å². The molecular weight excluding hydrogens is 410 g/mol. The van der Waals surface area contributed by atoms with Gasteiger partial charge in [-0.1, -0.05) is 26.0 Å². The van der Waals surface area contributed by atoms with Crippen molar-refractivity contribution in [2.24, 2.45) is 0 Å². The topological polar surface area (TPSA) is 47.6 Å². The third-order valence-corrected chi connectivity index (χ3v) is 6.45. The van der Waals surface area contributed by atoms with Gasteiger partial charge in [0.1, 0.15) is 22.7 Å². The van der Waals surface area contributed by atoms with Crippen LogP contribution in [0.3, 0.4) is 0 Å². The summed E-state index contributed by atoms with van der Waals surface area (Å²) in [6.45, 7) is 17.4. The summed E-state index contributed by atoms with van der Waals surface area (Å²) in [7, 11) is 0. The molecule has 0 fully saturated rings. The molecule has 0 aliphatic heterocycles. The summed E-state index contributed by atoms with van der Waals surface area (Å²) >= 11 is 0. The average molecular weight is 454 g/mol. The van der Waals surface area contributed by atoms with E-state index in [0.29, 0.717) is 6.54 Å². The molecule has 4 nitrogen and oxygen atoms in total. The first-order valence-electron chi connectivity index (χ1n) is 12.3. The molecule has 0 spiro atoms. The Labute approximate surface area is 201 Å². The first-order chi connectivity index (χ1) is 15.5. The molecular formula is C29H43NO3. The van der Waals surface area contributed by atoms with E-state index in [2.05, 4.69) is 59.8 Å². The maximum absolute atomic E-state index is 12.4. The molecule has 0 heterocycles. The van der Waals surface area contributed by atoms with Crippen molar-refractivity contribution in [3.8, 4) is 11.5 Å². The number of aryl methyl sites for hydroxylation is 3. The highest BCUT2D eigenvalue weighted by atomic mass is 16.5. The van der Waals surface area contributed by atoms with Crippen LogP contribution >= 0.6 is 0 Å². The number of unbranched alkanes of at least 4 members (excludes halogenated alkanes) is 1. The van der Waals surface area contributed by atoms with E-state index in [9.17, 15) is 4.79 Å². The summed E-state index contributed by atoms with van der Waals surface area (Å²) in [4.78, 5) is 12.4. The number of hydrogen-bond acceptors (Lipinski definition) is 3. The number of ether oxygens (including phenoxy) is 2. The number of rotatable bonds is 12. The third-order valence-electron chi connectivity index (χ3n) is 6.45. The zero-order valence-electron chi connectivity index (χ0n) is 21.9. The summed E-state index contributed by atoms with van der Waals surface area (Å²) < 4.78 is 12.6. The van der Waals surface area contributed by atoms with E-state index in [4.69, 9.17) is 9.47 Å². The van der Waals surface area contributed by atoms with Crippen LogP contribution < -0.4 is 14.8 Å². The van der Waals surface area contributed by atoms with Crippen LogP contribution in [0, 0.1) is 13.8 Å². The van der Waals surface area contributed by atoms with Gasteiger partial charge in [-0.25, -0.2) is 0 Å². The van der Waals surface area contributed by atoms with Gasteiger partial charge in [0, 0.05) is 18.2 Å². The Morgan fingerprint density at radius 3 is 2.15 bits per heavy atom. The maximum Gasteiger partial charge on any atom is 0.251 e. The molecule has 33 heavy (non-hydrogen) atoms. The highest BCUT2D eigenvalue weighted by Gasteiger charge is 2.21. The summed E-state index contributed by atoms with van der Waals surface area (Å²) in [5.41, 5.74) is 3.78. The minimum absolute atomic E-state index is 0.00754. The predicted molar refractivity (Wildman–Crippen MR) is 138 cm³/mol. The number of carbonyl (C=O) groups excluding carboxylic acids is 1. The predicted octanol–water partition coefficient (Wildman–Crippen LogP) is 7.19. The van der Waals surface area contributed by atoms with Crippen LogP contribution in [-0.4, -0.2) is 23.7 Å². The molecule has 0 radical (unpaired) electrons. The van der Waals surface area contributed by atoms with Crippen LogP contribution in [0.15, 0.2) is 36.4 Å². The molecule has 2 rings (SSSR count). The van der Waals surface area contributed by atoms with E-state index in [0.717, 1.165) is 54.7 Å². The van der Waals surface area contributed by atoms with Gasteiger partial charge < -0.3 is 14.8 Å². The van der Waals surface area contributed by atoms with E-state index in [1.54, 1.807) is 0 Å². The van der Waals surface area contributed by atoms with Crippen LogP contribution in [0.4, 0.5) is 0 Å². The Morgan fingerprint density at radius 2 is 1.52 bits per heavy atom. The molecule has 2 aromatic carbocycles. The minimum atomic E-state index is -0.242. The number of nitrogens with one attached hydrogen (secondary N) is 1. The summed E-state index contributed by atoms with van der Waals surface area (Å²) in [6.07, 6.45) is 4.62. The molecule has 0 aliphatic carbocycles. The Bertz CT molecular complexity index is 930. The number of benzene rings is 2. The van der Waals surface area contributed by atoms with E-state index >= 15 is 0 Å². The highest BCUT2D eigenvalue weighted by Crippen LogP contribution is 2.32. The molecule has 0 atom stereocenters. The van der Waals surface area contributed by atoms with Gasteiger partial charge in [-0.3, -0.25) is 4.79 Å². The van der Waals surface area contributed by atoms with Crippen molar-refractivity contribution in [2.75, 3.05) is 6.54 Å². The van der Waals surface area contributed by atoms with Crippen molar-refractivity contribution < 1.29 is 14.3 Å². The Hall–Kier alpha value is -2.49. The Morgan fingerprint density at radius 1 is 0.848 bits per heavy atom. The van der Waals surface area contributed by atoms with Crippen molar-refractivity contribution in [1.82, 2.24) is 5.32 Å². The van der Waals surface area contributed by atoms with Gasteiger partial charge in [0.2, 0.25) is 0 Å². The Balaban J connectivity index is 1.97. The molecule has 0 aromatic heterocycles. The number of amides is 1. The second kappa shape index (κ2) is 11.6. The zero-order chi connectivity index (χ0) is 24.6. The fourth-order valence-corrected chi connectivity index (χ4v) is 3.29. The fraction of sp³-hybridized carbons (Fsp3) is 0.552. The van der Waals surface area contributed by atoms with Gasteiger partial charge in [-0.2, -0.15) is 0 Å². The first-order valence-corrected chi connectivity index (χ1v) is 12.3. The highest BCUT2D eigenvalue weighted by molar-refractivity contribution is 5.94. The van der Waals surface area contributed by atoms with Gasteiger partial charge in [-0.05, 0) is 109 Å². The van der Waals surface area contributed by atoms with Gasteiger partial charge in [0.15, 0.2) is 0 Å². The van der Waals surface area contributed by atoms with E-state index in [1.807, 2.05) is 37.3 Å². The standard InChI is InChI=1S/C29H43NO3/c1-9-28(5,6)32-25-17-16-23(26(20-25)33-29(7,8)10-2)13-11-12-18-30-27(31)24-15-14-21(3)22(4)19-24/h14-17,19-20H,9-13,18H2,1-8H3,(H,30,31). The second-order valence-electron chi connectivity index (χ2n) is 10.2. The van der Waals surface area contributed by atoms with Crippen LogP contribution in [0.1, 0.15) is 94.3 Å². The summed E-state index contributed by atoms with van der Waals surface area (Å²) in [6, 6.07) is 12.0. The Kier molecular flexibility index (Phi) is 9.39. The second-order valence-corrected chi connectivity index (χ2v) is 10.2. The smallest absolute Gasteiger partial charge is 0.251 e. The van der Waals surface area contributed by atoms with Crippen molar-refractivity contribution in [1.29, 1.82) is 0 Å². The lowest BCUT2D eigenvalue weighted by molar-refractivity contribution is 0.0941. The van der Waals surface area contributed by atoms with Crippen molar-refractivity contribution >= 4 is 5.91 Å². The van der Waals surface area contributed by atoms with Crippen LogP contribution in [0.2, 0.25) is 0 Å². The SMILES string of the molecule is CCC(C)(C)Oc1ccc(CCCCNC(=O)c2ccc(C)c(C)c2)c(OC(C)(C)CC)c1. The first kappa shape index (κ1) is 26.8. The van der Waals surface area contributed by atoms with Crippen LogP contribution in [0.5, 0.6) is 11.5 Å². The largest absolute Gasteiger partial charge is 0.488 e. The van der Waals surface area contributed by atoms with Crippen molar-refractivity contribution in [3.05, 3.63) is 58.7 Å². The molecule has 0 bridgehead atoms. The summed E-state index contributed by atoms with van der Waals surface area (Å²) in [5.74, 6) is 1.73. The van der Waals surface area contributed by atoms with Crippen LogP contribution in [-0.2, 0) is 6.42 Å². The van der Waals surface area contributed by atoms with E-state index in [1.165, 1.54) is 11.1 Å². The van der Waals surface area contributed by atoms with Crippen molar-refractivity contribution in [3.63, 3.8) is 0 Å². The molecule has 182 valence electrons. The average Bonchev–Trinajstić information content (AvgIpc) is 2.76. The molecule has 2 aromatic rings. The van der Waals surface area contributed by atoms with E-state index in [-0.39, 0.29) is 17.1 Å². The minimum Gasteiger partial charge on any atom is -0.488 e. The lowest BCUT2D eigenvalue weighted by Crippen LogP contribution is -2.28. The third kappa shape index (κ3) is 8.42. The lowest BCUT2D eigenvalue weighted by Gasteiger charge is -2.29.